The standard InChI is InChI=1S/C24H27ClN4O3S/c25-20-5-3-4-18(16-20)17-27-12-14-29(15-13-27)24(30)19-8-10-28(11-9-19)23-21-6-1-2-7-22(21)33(31,32)26-23/h1-7,16,19H,8-15,17H2. The van der Waals surface area contributed by atoms with Crippen molar-refractivity contribution in [2.24, 2.45) is 10.3 Å². The zero-order chi connectivity index (χ0) is 23.0. The third-order valence-corrected chi connectivity index (χ3v) is 8.30. The van der Waals surface area contributed by atoms with Crippen molar-refractivity contribution >= 4 is 33.4 Å². The predicted molar refractivity (Wildman–Crippen MR) is 128 cm³/mol. The molecule has 5 rings (SSSR count). The lowest BCUT2D eigenvalue weighted by Crippen LogP contribution is -2.51. The van der Waals surface area contributed by atoms with Crippen LogP contribution in [-0.2, 0) is 21.4 Å². The highest BCUT2D eigenvalue weighted by Gasteiger charge is 2.35. The van der Waals surface area contributed by atoms with Gasteiger partial charge in [0, 0.05) is 62.3 Å². The van der Waals surface area contributed by atoms with E-state index in [1.807, 2.05) is 34.1 Å². The second kappa shape index (κ2) is 9.08. The lowest BCUT2D eigenvalue weighted by atomic mass is 9.94. The first kappa shape index (κ1) is 22.4. The molecule has 2 aromatic rings. The number of hydrogen-bond acceptors (Lipinski definition) is 5. The number of sulfonamides is 1. The lowest BCUT2D eigenvalue weighted by Gasteiger charge is -2.39. The molecule has 1 amide bonds. The number of piperidine rings is 1. The molecule has 2 aromatic carbocycles. The van der Waals surface area contributed by atoms with Gasteiger partial charge in [-0.2, -0.15) is 8.42 Å². The Morgan fingerprint density at radius 2 is 1.70 bits per heavy atom. The number of benzene rings is 2. The Hall–Kier alpha value is -2.42. The van der Waals surface area contributed by atoms with E-state index in [-0.39, 0.29) is 16.7 Å². The van der Waals surface area contributed by atoms with E-state index in [4.69, 9.17) is 11.6 Å². The Bertz CT molecular complexity index is 1180. The quantitative estimate of drug-likeness (QED) is 0.667. The summed E-state index contributed by atoms with van der Waals surface area (Å²) in [5.74, 6) is 0.721. The summed E-state index contributed by atoms with van der Waals surface area (Å²) >= 11 is 6.09. The molecule has 0 N–H and O–H groups in total. The first-order valence-electron chi connectivity index (χ1n) is 11.4. The summed E-state index contributed by atoms with van der Waals surface area (Å²) in [6.45, 7) is 5.27. The molecule has 0 spiro atoms. The molecule has 3 aliphatic rings. The number of rotatable bonds is 3. The number of carbonyl (C=O) groups is 1. The maximum absolute atomic E-state index is 13.1. The van der Waals surface area contributed by atoms with Gasteiger partial charge in [0.25, 0.3) is 10.0 Å². The van der Waals surface area contributed by atoms with E-state index in [1.54, 1.807) is 18.2 Å². The number of nitrogens with zero attached hydrogens (tertiary/aromatic N) is 4. The number of piperazine rings is 1. The van der Waals surface area contributed by atoms with E-state index in [9.17, 15) is 13.2 Å². The van der Waals surface area contributed by atoms with E-state index in [0.717, 1.165) is 37.7 Å². The van der Waals surface area contributed by atoms with Crippen molar-refractivity contribution < 1.29 is 13.2 Å². The molecule has 3 heterocycles. The second-order valence-electron chi connectivity index (χ2n) is 8.88. The number of hydrogen-bond donors (Lipinski definition) is 0. The largest absolute Gasteiger partial charge is 0.355 e. The molecule has 7 nitrogen and oxygen atoms in total. The van der Waals surface area contributed by atoms with Crippen LogP contribution in [0.5, 0.6) is 0 Å². The van der Waals surface area contributed by atoms with Crippen LogP contribution < -0.4 is 0 Å². The molecule has 0 atom stereocenters. The van der Waals surface area contributed by atoms with Gasteiger partial charge < -0.3 is 9.80 Å². The highest BCUT2D eigenvalue weighted by Crippen LogP contribution is 2.30. The normalized spacial score (nSPS) is 21.1. The molecule has 33 heavy (non-hydrogen) atoms. The SMILES string of the molecule is O=C(C1CCN(C2=NS(=O)(=O)c3ccccc32)CC1)N1CCN(Cc2cccc(Cl)c2)CC1. The van der Waals surface area contributed by atoms with Gasteiger partial charge in [-0.25, -0.2) is 0 Å². The molecule has 0 unspecified atom stereocenters. The highest BCUT2D eigenvalue weighted by atomic mass is 35.5. The van der Waals surface area contributed by atoms with E-state index >= 15 is 0 Å². The number of halogens is 1. The molecule has 9 heteroatoms. The fraction of sp³-hybridized carbons (Fsp3) is 0.417. The zero-order valence-electron chi connectivity index (χ0n) is 18.4. The minimum Gasteiger partial charge on any atom is -0.355 e. The average molecular weight is 487 g/mol. The van der Waals surface area contributed by atoms with Crippen LogP contribution in [0.25, 0.3) is 0 Å². The first-order chi connectivity index (χ1) is 15.9. The Morgan fingerprint density at radius 3 is 2.42 bits per heavy atom. The molecular formula is C24H27ClN4O3S. The molecule has 0 aliphatic carbocycles. The van der Waals surface area contributed by atoms with Gasteiger partial charge in [-0.05, 0) is 42.7 Å². The lowest BCUT2D eigenvalue weighted by molar-refractivity contribution is -0.138. The van der Waals surface area contributed by atoms with Crippen LogP contribution >= 0.6 is 11.6 Å². The van der Waals surface area contributed by atoms with E-state index in [0.29, 0.717) is 37.3 Å². The molecule has 174 valence electrons. The number of carbonyl (C=O) groups excluding carboxylic acids is 1. The maximum atomic E-state index is 13.1. The van der Waals surface area contributed by atoms with E-state index in [2.05, 4.69) is 15.4 Å². The van der Waals surface area contributed by atoms with Crippen LogP contribution in [-0.4, -0.2) is 74.1 Å². The summed E-state index contributed by atoms with van der Waals surface area (Å²) in [5.41, 5.74) is 1.85. The molecule has 0 saturated carbocycles. The van der Waals surface area contributed by atoms with Crippen LogP contribution in [0, 0.1) is 5.92 Å². The topological polar surface area (TPSA) is 73.3 Å². The van der Waals surface area contributed by atoms with Gasteiger partial charge in [-0.1, -0.05) is 35.9 Å². The predicted octanol–water partition coefficient (Wildman–Crippen LogP) is 2.85. The van der Waals surface area contributed by atoms with Gasteiger partial charge in [0.1, 0.15) is 4.90 Å². The summed E-state index contributed by atoms with van der Waals surface area (Å²) in [6.07, 6.45) is 1.42. The van der Waals surface area contributed by atoms with Crippen LogP contribution in [0.1, 0.15) is 24.0 Å². The van der Waals surface area contributed by atoms with E-state index in [1.165, 1.54) is 5.56 Å². The summed E-state index contributed by atoms with van der Waals surface area (Å²) in [6, 6.07) is 14.9. The summed E-state index contributed by atoms with van der Waals surface area (Å²) < 4.78 is 28.7. The molecule has 2 fully saturated rings. The maximum Gasteiger partial charge on any atom is 0.285 e. The van der Waals surface area contributed by atoms with Gasteiger partial charge >= 0.3 is 0 Å². The van der Waals surface area contributed by atoms with Crippen LogP contribution in [0.4, 0.5) is 0 Å². The minimum atomic E-state index is -3.62. The third-order valence-electron chi connectivity index (χ3n) is 6.74. The fourth-order valence-corrected chi connectivity index (χ4v) is 6.37. The van der Waals surface area contributed by atoms with Crippen LogP contribution in [0.15, 0.2) is 57.8 Å². The van der Waals surface area contributed by atoms with Crippen molar-refractivity contribution in [3.05, 3.63) is 64.7 Å². The Morgan fingerprint density at radius 1 is 0.970 bits per heavy atom. The smallest absolute Gasteiger partial charge is 0.285 e. The third kappa shape index (κ3) is 4.65. The summed E-state index contributed by atoms with van der Waals surface area (Å²) in [5, 5.41) is 0.748. The number of fused-ring (bicyclic) bond motifs is 1. The monoisotopic (exact) mass is 486 g/mol. The molecule has 0 bridgehead atoms. The Kier molecular flexibility index (Phi) is 6.16. The Balaban J connectivity index is 1.14. The highest BCUT2D eigenvalue weighted by molar-refractivity contribution is 7.90. The van der Waals surface area contributed by atoms with Crippen molar-refractivity contribution in [1.29, 1.82) is 0 Å². The zero-order valence-corrected chi connectivity index (χ0v) is 19.9. The van der Waals surface area contributed by atoms with Gasteiger partial charge in [0.15, 0.2) is 5.84 Å². The molecule has 0 radical (unpaired) electrons. The van der Waals surface area contributed by atoms with E-state index < -0.39 is 10.0 Å². The van der Waals surface area contributed by atoms with Gasteiger partial charge in [-0.15, -0.1) is 4.40 Å². The van der Waals surface area contributed by atoms with Crippen molar-refractivity contribution in [2.45, 2.75) is 24.3 Å². The summed E-state index contributed by atoms with van der Waals surface area (Å²) in [4.78, 5) is 19.8. The molecule has 0 aromatic heterocycles. The average Bonchev–Trinajstić information content (AvgIpc) is 3.10. The number of likely N-dealkylation sites (tertiary alicyclic amines) is 1. The van der Waals surface area contributed by atoms with Crippen molar-refractivity contribution in [2.75, 3.05) is 39.3 Å². The van der Waals surface area contributed by atoms with Crippen molar-refractivity contribution in [1.82, 2.24) is 14.7 Å². The number of amides is 1. The van der Waals surface area contributed by atoms with Crippen LogP contribution in [0.3, 0.4) is 0 Å². The molecule has 3 aliphatic heterocycles. The van der Waals surface area contributed by atoms with Crippen molar-refractivity contribution in [3.8, 4) is 0 Å². The fourth-order valence-electron chi connectivity index (χ4n) is 4.93. The molecule has 2 saturated heterocycles. The van der Waals surface area contributed by atoms with Gasteiger partial charge in [0.2, 0.25) is 5.91 Å². The second-order valence-corrected chi connectivity index (χ2v) is 10.9. The first-order valence-corrected chi connectivity index (χ1v) is 13.2. The summed E-state index contributed by atoms with van der Waals surface area (Å²) in [7, 11) is -3.62. The van der Waals surface area contributed by atoms with Crippen molar-refractivity contribution in [3.63, 3.8) is 0 Å². The number of amidine groups is 1. The minimum absolute atomic E-state index is 0.0189. The van der Waals surface area contributed by atoms with Gasteiger partial charge in [0.05, 0.1) is 0 Å². The Labute approximate surface area is 199 Å². The van der Waals surface area contributed by atoms with Crippen LogP contribution in [0.2, 0.25) is 5.02 Å². The van der Waals surface area contributed by atoms with Gasteiger partial charge in [-0.3, -0.25) is 9.69 Å². The molecular weight excluding hydrogens is 460 g/mol.